The fourth-order valence-corrected chi connectivity index (χ4v) is 5.18. The maximum Gasteiger partial charge on any atom is 0.191 e. The van der Waals surface area contributed by atoms with Gasteiger partial charge in [0.05, 0.1) is 0 Å². The lowest BCUT2D eigenvalue weighted by molar-refractivity contribution is 0.119. The van der Waals surface area contributed by atoms with Gasteiger partial charge in [-0.25, -0.2) is 0 Å². The van der Waals surface area contributed by atoms with E-state index < -0.39 is 0 Å². The first-order valence-corrected chi connectivity index (χ1v) is 11.3. The fraction of sp³-hybridized carbons (Fsp3) is 0.857. The maximum absolute atomic E-state index is 4.48. The zero-order chi connectivity index (χ0) is 19.3. The highest BCUT2D eigenvalue weighted by molar-refractivity contribution is 5.79. The highest BCUT2D eigenvalue weighted by Gasteiger charge is 2.27. The van der Waals surface area contributed by atoms with Crippen molar-refractivity contribution in [3.8, 4) is 0 Å². The zero-order valence-electron chi connectivity index (χ0n) is 17.7. The lowest BCUT2D eigenvalue weighted by Crippen LogP contribution is -2.51. The van der Waals surface area contributed by atoms with E-state index in [4.69, 9.17) is 0 Å². The number of fused-ring (bicyclic) bond motifs is 1. The number of nitrogens with one attached hydrogen (secondary N) is 2. The molecule has 2 aliphatic heterocycles. The predicted octanol–water partition coefficient (Wildman–Crippen LogP) is 2.11. The van der Waals surface area contributed by atoms with Crippen molar-refractivity contribution in [2.45, 2.75) is 83.3 Å². The molecule has 0 aromatic carbocycles. The molecule has 1 atom stereocenters. The second-order valence-corrected chi connectivity index (χ2v) is 8.88. The highest BCUT2D eigenvalue weighted by atomic mass is 15.3. The predicted molar refractivity (Wildman–Crippen MR) is 113 cm³/mol. The van der Waals surface area contributed by atoms with Crippen molar-refractivity contribution in [1.29, 1.82) is 0 Å². The normalized spacial score (nSPS) is 25.5. The smallest absolute Gasteiger partial charge is 0.191 e. The van der Waals surface area contributed by atoms with Crippen LogP contribution in [0.25, 0.3) is 0 Å². The fourth-order valence-electron chi connectivity index (χ4n) is 5.18. The third kappa shape index (κ3) is 4.67. The van der Waals surface area contributed by atoms with Gasteiger partial charge in [0.15, 0.2) is 5.96 Å². The van der Waals surface area contributed by atoms with Gasteiger partial charge in [0.2, 0.25) is 0 Å². The second kappa shape index (κ2) is 9.25. The van der Waals surface area contributed by atoms with E-state index in [0.29, 0.717) is 12.0 Å². The van der Waals surface area contributed by atoms with Crippen molar-refractivity contribution in [3.05, 3.63) is 11.6 Å². The van der Waals surface area contributed by atoms with E-state index in [0.717, 1.165) is 43.2 Å². The number of aromatic nitrogens is 3. The first-order valence-electron chi connectivity index (χ1n) is 11.3. The average Bonchev–Trinajstić information content (AvgIpc) is 3.12. The van der Waals surface area contributed by atoms with E-state index in [9.17, 15) is 0 Å². The van der Waals surface area contributed by atoms with Crippen LogP contribution in [0.3, 0.4) is 0 Å². The molecule has 1 saturated heterocycles. The first kappa shape index (κ1) is 19.7. The summed E-state index contributed by atoms with van der Waals surface area (Å²) >= 11 is 0. The van der Waals surface area contributed by atoms with Crippen LogP contribution in [0.2, 0.25) is 0 Å². The SMILES string of the molecule is CN=C(NCC1CCc2nnc(C)n2C1)NC1CCN(C2CCCCC2)CC1. The molecule has 2 N–H and O–H groups in total. The van der Waals surface area contributed by atoms with Crippen molar-refractivity contribution in [2.24, 2.45) is 10.9 Å². The highest BCUT2D eigenvalue weighted by Crippen LogP contribution is 2.25. The van der Waals surface area contributed by atoms with Crippen LogP contribution in [0.4, 0.5) is 0 Å². The molecule has 28 heavy (non-hydrogen) atoms. The summed E-state index contributed by atoms with van der Waals surface area (Å²) in [6.45, 7) is 6.48. The van der Waals surface area contributed by atoms with Crippen LogP contribution in [0, 0.1) is 12.8 Å². The van der Waals surface area contributed by atoms with Crippen molar-refractivity contribution in [2.75, 3.05) is 26.7 Å². The first-order chi connectivity index (χ1) is 13.7. The van der Waals surface area contributed by atoms with Crippen LogP contribution >= 0.6 is 0 Å². The number of rotatable bonds is 4. The molecule has 0 radical (unpaired) electrons. The molecular formula is C21H37N7. The Morgan fingerprint density at radius 1 is 1.07 bits per heavy atom. The standard InChI is InChI=1S/C21H37N7/c1-16-25-26-20-9-8-17(15-28(16)20)14-23-21(22-2)24-18-10-12-27(13-11-18)19-6-4-3-5-7-19/h17-19H,3-15H2,1-2H3,(H2,22,23,24). The summed E-state index contributed by atoms with van der Waals surface area (Å²) in [6.07, 6.45) is 11.8. The Labute approximate surface area is 169 Å². The van der Waals surface area contributed by atoms with E-state index >= 15 is 0 Å². The van der Waals surface area contributed by atoms with Crippen LogP contribution < -0.4 is 10.6 Å². The van der Waals surface area contributed by atoms with Crippen LogP contribution in [-0.4, -0.2) is 64.4 Å². The van der Waals surface area contributed by atoms with Crippen molar-refractivity contribution in [3.63, 3.8) is 0 Å². The average molecular weight is 388 g/mol. The molecule has 3 aliphatic rings. The van der Waals surface area contributed by atoms with Gasteiger partial charge in [-0.1, -0.05) is 19.3 Å². The van der Waals surface area contributed by atoms with Crippen LogP contribution in [0.15, 0.2) is 4.99 Å². The van der Waals surface area contributed by atoms with Gasteiger partial charge in [-0.3, -0.25) is 4.99 Å². The summed E-state index contributed by atoms with van der Waals surface area (Å²) < 4.78 is 2.27. The van der Waals surface area contributed by atoms with E-state index in [1.54, 1.807) is 0 Å². The molecule has 7 nitrogen and oxygen atoms in total. The number of hydrogen-bond acceptors (Lipinski definition) is 4. The Bertz CT molecular complexity index is 654. The lowest BCUT2D eigenvalue weighted by Gasteiger charge is -2.39. The summed E-state index contributed by atoms with van der Waals surface area (Å²) in [5.41, 5.74) is 0. The molecule has 156 valence electrons. The molecular weight excluding hydrogens is 350 g/mol. The molecule has 7 heteroatoms. The van der Waals surface area contributed by atoms with Gasteiger partial charge >= 0.3 is 0 Å². The summed E-state index contributed by atoms with van der Waals surface area (Å²) in [4.78, 5) is 7.22. The van der Waals surface area contributed by atoms with Crippen LogP contribution in [0.1, 0.15) is 63.0 Å². The molecule has 4 rings (SSSR count). The zero-order valence-corrected chi connectivity index (χ0v) is 17.7. The monoisotopic (exact) mass is 387 g/mol. The summed E-state index contributed by atoms with van der Waals surface area (Å²) in [6, 6.07) is 1.40. The van der Waals surface area contributed by atoms with Gasteiger partial charge in [0.1, 0.15) is 11.6 Å². The van der Waals surface area contributed by atoms with Gasteiger partial charge < -0.3 is 20.1 Å². The number of aryl methyl sites for hydroxylation is 2. The number of aliphatic imine (C=N–C) groups is 1. The van der Waals surface area contributed by atoms with E-state index in [1.807, 2.05) is 14.0 Å². The minimum Gasteiger partial charge on any atom is -0.356 e. The van der Waals surface area contributed by atoms with Gasteiger partial charge in [0, 0.05) is 51.7 Å². The van der Waals surface area contributed by atoms with Gasteiger partial charge in [-0.15, -0.1) is 10.2 Å². The quantitative estimate of drug-likeness (QED) is 0.612. The van der Waals surface area contributed by atoms with E-state index in [-0.39, 0.29) is 0 Å². The number of likely N-dealkylation sites (tertiary alicyclic amines) is 1. The number of guanidine groups is 1. The Hall–Kier alpha value is -1.63. The van der Waals surface area contributed by atoms with Gasteiger partial charge in [0.25, 0.3) is 0 Å². The van der Waals surface area contributed by atoms with Crippen molar-refractivity contribution < 1.29 is 0 Å². The minimum absolute atomic E-state index is 0.545. The topological polar surface area (TPSA) is 70.4 Å². The molecule has 0 bridgehead atoms. The maximum atomic E-state index is 4.48. The molecule has 1 aromatic rings. The molecule has 1 saturated carbocycles. The molecule has 1 aliphatic carbocycles. The summed E-state index contributed by atoms with van der Waals surface area (Å²) in [7, 11) is 1.88. The summed E-state index contributed by atoms with van der Waals surface area (Å²) in [5, 5.41) is 15.7. The van der Waals surface area contributed by atoms with E-state index in [2.05, 4.69) is 35.3 Å². The van der Waals surface area contributed by atoms with Gasteiger partial charge in [-0.2, -0.15) is 0 Å². The van der Waals surface area contributed by atoms with E-state index in [1.165, 1.54) is 64.5 Å². The van der Waals surface area contributed by atoms with Gasteiger partial charge in [-0.05, 0) is 44.9 Å². The number of hydrogen-bond donors (Lipinski definition) is 2. The molecule has 0 spiro atoms. The van der Waals surface area contributed by atoms with Crippen molar-refractivity contribution >= 4 is 5.96 Å². The summed E-state index contributed by atoms with van der Waals surface area (Å²) in [5.74, 6) is 3.74. The van der Waals surface area contributed by atoms with Crippen molar-refractivity contribution in [1.82, 2.24) is 30.3 Å². The molecule has 3 heterocycles. The Morgan fingerprint density at radius 3 is 2.61 bits per heavy atom. The third-order valence-corrected chi connectivity index (χ3v) is 6.97. The van der Waals surface area contributed by atoms with Crippen LogP contribution in [-0.2, 0) is 13.0 Å². The molecule has 1 aromatic heterocycles. The Kier molecular flexibility index (Phi) is 6.50. The number of piperidine rings is 1. The largest absolute Gasteiger partial charge is 0.356 e. The lowest BCUT2D eigenvalue weighted by atomic mass is 9.92. The molecule has 2 fully saturated rings. The second-order valence-electron chi connectivity index (χ2n) is 8.88. The third-order valence-electron chi connectivity index (χ3n) is 6.97. The Morgan fingerprint density at radius 2 is 1.86 bits per heavy atom. The Balaban J connectivity index is 1.20. The number of nitrogens with zero attached hydrogens (tertiary/aromatic N) is 5. The molecule has 0 amide bonds. The van der Waals surface area contributed by atoms with Crippen LogP contribution in [0.5, 0.6) is 0 Å². The minimum atomic E-state index is 0.545. The molecule has 1 unspecified atom stereocenters.